The third kappa shape index (κ3) is 3.19. The van der Waals surface area contributed by atoms with E-state index in [1.54, 1.807) is 6.92 Å². The molecule has 1 aromatic carbocycles. The van der Waals surface area contributed by atoms with Crippen LogP contribution in [0.15, 0.2) is 18.2 Å². The van der Waals surface area contributed by atoms with E-state index in [1.165, 1.54) is 26.4 Å². The number of nitrogens with one attached hydrogen (secondary N) is 1. The molecule has 0 aliphatic heterocycles. The van der Waals surface area contributed by atoms with Crippen LogP contribution in [0, 0.1) is 5.82 Å². The second-order valence-corrected chi connectivity index (χ2v) is 3.58. The summed E-state index contributed by atoms with van der Waals surface area (Å²) in [6, 6.07) is 3.21. The highest BCUT2D eigenvalue weighted by Crippen LogP contribution is 2.16. The minimum atomic E-state index is -0.776. The van der Waals surface area contributed by atoms with E-state index in [9.17, 15) is 14.0 Å². The maximum atomic E-state index is 13.3. The summed E-state index contributed by atoms with van der Waals surface area (Å²) in [4.78, 5) is 22.5. The molecular formula is C12H14FNO4. The predicted octanol–water partition coefficient (Wildman–Crippen LogP) is 1.59. The van der Waals surface area contributed by atoms with Gasteiger partial charge in [-0.3, -0.25) is 0 Å². The number of benzene rings is 1. The van der Waals surface area contributed by atoms with Gasteiger partial charge in [-0.15, -0.1) is 0 Å². The minimum absolute atomic E-state index is 0.195. The first kappa shape index (κ1) is 14.0. The molecule has 18 heavy (non-hydrogen) atoms. The molecule has 0 heterocycles. The fourth-order valence-electron chi connectivity index (χ4n) is 1.37. The standard InChI is InChI=1S/C12H14FNO4/c1-7(11(15)17-2)14-8-4-5-10(13)9(6-8)12(16)18-3/h4-7,14H,1-3H3. The van der Waals surface area contributed by atoms with Gasteiger partial charge < -0.3 is 14.8 Å². The summed E-state index contributed by atoms with van der Waals surface area (Å²) in [5.41, 5.74) is 0.231. The molecule has 1 unspecified atom stereocenters. The molecule has 1 N–H and O–H groups in total. The Labute approximate surface area is 104 Å². The van der Waals surface area contributed by atoms with Crippen LogP contribution in [0.1, 0.15) is 17.3 Å². The molecule has 5 nitrogen and oxygen atoms in total. The summed E-state index contributed by atoms with van der Waals surface area (Å²) in [7, 11) is 2.43. The lowest BCUT2D eigenvalue weighted by Crippen LogP contribution is -2.27. The number of carbonyl (C=O) groups excluding carboxylic acids is 2. The van der Waals surface area contributed by atoms with E-state index < -0.39 is 23.8 Å². The largest absolute Gasteiger partial charge is 0.467 e. The molecule has 1 rings (SSSR count). The van der Waals surface area contributed by atoms with Crippen LogP contribution in [-0.4, -0.2) is 32.2 Å². The van der Waals surface area contributed by atoms with Gasteiger partial charge in [0.1, 0.15) is 11.9 Å². The molecule has 0 radical (unpaired) electrons. The summed E-state index contributed by atoms with van der Waals surface area (Å²) in [6.07, 6.45) is 0. The molecule has 6 heteroatoms. The second-order valence-electron chi connectivity index (χ2n) is 3.58. The zero-order chi connectivity index (χ0) is 13.7. The van der Waals surface area contributed by atoms with Gasteiger partial charge >= 0.3 is 11.9 Å². The summed E-state index contributed by atoms with van der Waals surface area (Å²) in [5.74, 6) is -1.92. The molecule has 0 spiro atoms. The van der Waals surface area contributed by atoms with E-state index >= 15 is 0 Å². The van der Waals surface area contributed by atoms with Gasteiger partial charge in [-0.25, -0.2) is 14.0 Å². The highest BCUT2D eigenvalue weighted by molar-refractivity contribution is 5.91. The normalized spacial score (nSPS) is 11.6. The van der Waals surface area contributed by atoms with E-state index in [2.05, 4.69) is 14.8 Å². The van der Waals surface area contributed by atoms with Crippen LogP contribution in [0.2, 0.25) is 0 Å². The Morgan fingerprint density at radius 3 is 2.50 bits per heavy atom. The van der Waals surface area contributed by atoms with Crippen LogP contribution >= 0.6 is 0 Å². The fraction of sp³-hybridized carbons (Fsp3) is 0.333. The van der Waals surface area contributed by atoms with E-state index in [4.69, 9.17) is 0 Å². The molecular weight excluding hydrogens is 241 g/mol. The summed E-state index contributed by atoms with van der Waals surface area (Å²) < 4.78 is 22.3. The van der Waals surface area contributed by atoms with Crippen molar-refractivity contribution in [3.05, 3.63) is 29.6 Å². The summed E-state index contributed by atoms with van der Waals surface area (Å²) in [6.45, 7) is 1.59. The van der Waals surface area contributed by atoms with Gasteiger partial charge in [-0.1, -0.05) is 0 Å². The number of halogens is 1. The van der Waals surface area contributed by atoms with E-state index in [-0.39, 0.29) is 5.56 Å². The van der Waals surface area contributed by atoms with Gasteiger partial charge in [0.15, 0.2) is 0 Å². The van der Waals surface area contributed by atoms with Crippen molar-refractivity contribution >= 4 is 17.6 Å². The molecule has 0 bridgehead atoms. The number of hydrogen-bond donors (Lipinski definition) is 1. The van der Waals surface area contributed by atoms with Crippen molar-refractivity contribution in [2.75, 3.05) is 19.5 Å². The van der Waals surface area contributed by atoms with Crippen LogP contribution in [0.25, 0.3) is 0 Å². The summed E-state index contributed by atoms with van der Waals surface area (Å²) in [5, 5.41) is 2.79. The number of hydrogen-bond acceptors (Lipinski definition) is 5. The number of rotatable bonds is 4. The van der Waals surface area contributed by atoms with Gasteiger partial charge in [0, 0.05) is 5.69 Å². The van der Waals surface area contributed by atoms with Crippen LogP contribution in [0.4, 0.5) is 10.1 Å². The van der Waals surface area contributed by atoms with Crippen molar-refractivity contribution in [1.29, 1.82) is 0 Å². The number of methoxy groups -OCH3 is 2. The van der Waals surface area contributed by atoms with Crippen molar-refractivity contribution in [3.63, 3.8) is 0 Å². The van der Waals surface area contributed by atoms with Crippen molar-refractivity contribution in [3.8, 4) is 0 Å². The van der Waals surface area contributed by atoms with Gasteiger partial charge in [-0.05, 0) is 25.1 Å². The zero-order valence-electron chi connectivity index (χ0n) is 10.3. The van der Waals surface area contributed by atoms with Gasteiger partial charge in [0.05, 0.1) is 19.8 Å². The molecule has 0 aromatic heterocycles. The monoisotopic (exact) mass is 255 g/mol. The quantitative estimate of drug-likeness (QED) is 0.827. The maximum Gasteiger partial charge on any atom is 0.340 e. The number of anilines is 1. The Morgan fingerprint density at radius 2 is 1.94 bits per heavy atom. The number of ether oxygens (including phenoxy) is 2. The maximum absolute atomic E-state index is 13.3. The van der Waals surface area contributed by atoms with Gasteiger partial charge in [-0.2, -0.15) is 0 Å². The number of esters is 2. The predicted molar refractivity (Wildman–Crippen MR) is 62.8 cm³/mol. The minimum Gasteiger partial charge on any atom is -0.467 e. The van der Waals surface area contributed by atoms with Crippen LogP contribution in [0.3, 0.4) is 0 Å². The van der Waals surface area contributed by atoms with E-state index in [0.717, 1.165) is 6.07 Å². The first-order valence-electron chi connectivity index (χ1n) is 5.21. The molecule has 1 atom stereocenters. The molecule has 0 fully saturated rings. The Hall–Kier alpha value is -2.11. The van der Waals surface area contributed by atoms with Crippen molar-refractivity contribution in [2.45, 2.75) is 13.0 Å². The van der Waals surface area contributed by atoms with Gasteiger partial charge in [0.2, 0.25) is 0 Å². The van der Waals surface area contributed by atoms with Crippen LogP contribution in [0.5, 0.6) is 0 Å². The molecule has 0 saturated carbocycles. The highest BCUT2D eigenvalue weighted by atomic mass is 19.1. The molecule has 98 valence electrons. The molecule has 0 amide bonds. The smallest absolute Gasteiger partial charge is 0.340 e. The third-order valence-electron chi connectivity index (χ3n) is 2.31. The number of carbonyl (C=O) groups is 2. The Balaban J connectivity index is 2.92. The molecule has 1 aromatic rings. The molecule has 0 aliphatic rings. The molecule has 0 aliphatic carbocycles. The van der Waals surface area contributed by atoms with Crippen molar-refractivity contribution in [2.24, 2.45) is 0 Å². The Bertz CT molecular complexity index is 461. The first-order chi connectivity index (χ1) is 8.49. The van der Waals surface area contributed by atoms with Crippen molar-refractivity contribution < 1.29 is 23.5 Å². The third-order valence-corrected chi connectivity index (χ3v) is 2.31. The topological polar surface area (TPSA) is 64.6 Å². The summed E-state index contributed by atoms with van der Waals surface area (Å²) >= 11 is 0. The van der Waals surface area contributed by atoms with E-state index in [1.807, 2.05) is 0 Å². The average Bonchev–Trinajstić information content (AvgIpc) is 2.38. The lowest BCUT2D eigenvalue weighted by molar-refractivity contribution is -0.141. The SMILES string of the molecule is COC(=O)c1cc(NC(C)C(=O)OC)ccc1F. The first-order valence-corrected chi connectivity index (χ1v) is 5.21. The highest BCUT2D eigenvalue weighted by Gasteiger charge is 2.16. The molecule has 0 saturated heterocycles. The Kier molecular flexibility index (Phi) is 4.65. The van der Waals surface area contributed by atoms with E-state index in [0.29, 0.717) is 5.69 Å². The Morgan fingerprint density at radius 1 is 1.28 bits per heavy atom. The lowest BCUT2D eigenvalue weighted by Gasteiger charge is -2.13. The lowest BCUT2D eigenvalue weighted by atomic mass is 10.1. The average molecular weight is 255 g/mol. The zero-order valence-corrected chi connectivity index (χ0v) is 10.3. The van der Waals surface area contributed by atoms with Crippen LogP contribution in [-0.2, 0) is 14.3 Å². The van der Waals surface area contributed by atoms with Gasteiger partial charge in [0.25, 0.3) is 0 Å². The fourth-order valence-corrected chi connectivity index (χ4v) is 1.37. The van der Waals surface area contributed by atoms with Crippen LogP contribution < -0.4 is 5.32 Å². The van der Waals surface area contributed by atoms with Crippen molar-refractivity contribution in [1.82, 2.24) is 0 Å². The second kappa shape index (κ2) is 6.00.